The van der Waals surface area contributed by atoms with Crippen LogP contribution in [0.15, 0.2) is 24.3 Å². The van der Waals surface area contributed by atoms with E-state index < -0.39 is 0 Å². The van der Waals surface area contributed by atoms with Crippen molar-refractivity contribution in [3.05, 3.63) is 29.8 Å². The lowest BCUT2D eigenvalue weighted by molar-refractivity contribution is -0.143. The van der Waals surface area contributed by atoms with Gasteiger partial charge in [0.15, 0.2) is 0 Å². The lowest BCUT2D eigenvalue weighted by Crippen LogP contribution is -2.35. The minimum Gasteiger partial charge on any atom is -0.496 e. The van der Waals surface area contributed by atoms with E-state index in [2.05, 4.69) is 0 Å². The molecular weight excluding hydrogens is 298 g/mol. The number of methoxy groups -OCH3 is 2. The molecule has 0 spiro atoms. The van der Waals surface area contributed by atoms with Gasteiger partial charge in [-0.05, 0) is 25.5 Å². The van der Waals surface area contributed by atoms with Gasteiger partial charge < -0.3 is 19.1 Å². The lowest BCUT2D eigenvalue weighted by atomic mass is 10.1. The third kappa shape index (κ3) is 6.28. The van der Waals surface area contributed by atoms with Gasteiger partial charge in [0, 0.05) is 26.8 Å². The first-order valence-electron chi connectivity index (χ1n) is 7.70. The van der Waals surface area contributed by atoms with Crippen LogP contribution in [-0.2, 0) is 14.3 Å². The van der Waals surface area contributed by atoms with Crippen LogP contribution in [0.4, 0.5) is 0 Å². The standard InChI is InChI=1S/C17H25NO5/c1-4-23-16(19)10-12-18(11-7-13-21-2)17(20)14-8-5-6-9-15(14)22-3/h5-6,8-9H,4,7,10-13H2,1-3H3. The van der Waals surface area contributed by atoms with Gasteiger partial charge in [-0.2, -0.15) is 0 Å². The first kappa shape index (κ1) is 19.0. The fourth-order valence-electron chi connectivity index (χ4n) is 2.17. The number of esters is 1. The number of amides is 1. The number of benzene rings is 1. The van der Waals surface area contributed by atoms with Crippen molar-refractivity contribution in [2.45, 2.75) is 19.8 Å². The molecule has 0 aromatic heterocycles. The Morgan fingerprint density at radius 1 is 1.13 bits per heavy atom. The summed E-state index contributed by atoms with van der Waals surface area (Å²) in [7, 11) is 3.14. The summed E-state index contributed by atoms with van der Waals surface area (Å²) >= 11 is 0. The highest BCUT2D eigenvalue weighted by Crippen LogP contribution is 2.19. The van der Waals surface area contributed by atoms with Crippen molar-refractivity contribution in [1.29, 1.82) is 0 Å². The minimum atomic E-state index is -0.308. The van der Waals surface area contributed by atoms with E-state index in [1.807, 2.05) is 6.07 Å². The van der Waals surface area contributed by atoms with E-state index in [0.29, 0.717) is 44.0 Å². The second-order valence-electron chi connectivity index (χ2n) is 4.89. The quantitative estimate of drug-likeness (QED) is 0.487. The Balaban J connectivity index is 2.80. The second kappa shape index (κ2) is 10.6. The van der Waals surface area contributed by atoms with E-state index in [-0.39, 0.29) is 18.3 Å². The highest BCUT2D eigenvalue weighted by Gasteiger charge is 2.20. The summed E-state index contributed by atoms with van der Waals surface area (Å²) in [6, 6.07) is 7.05. The predicted octanol–water partition coefficient (Wildman–Crippen LogP) is 2.13. The smallest absolute Gasteiger partial charge is 0.307 e. The van der Waals surface area contributed by atoms with E-state index >= 15 is 0 Å². The maximum Gasteiger partial charge on any atom is 0.307 e. The predicted molar refractivity (Wildman–Crippen MR) is 86.6 cm³/mol. The molecule has 0 heterocycles. The zero-order valence-electron chi connectivity index (χ0n) is 14.0. The third-order valence-corrected chi connectivity index (χ3v) is 3.29. The SMILES string of the molecule is CCOC(=O)CCN(CCCOC)C(=O)c1ccccc1OC. The van der Waals surface area contributed by atoms with Gasteiger partial charge in [0.05, 0.1) is 25.7 Å². The topological polar surface area (TPSA) is 65.1 Å². The fraction of sp³-hybridized carbons (Fsp3) is 0.529. The number of carbonyl (C=O) groups is 2. The molecule has 0 radical (unpaired) electrons. The van der Waals surface area contributed by atoms with Gasteiger partial charge in [-0.1, -0.05) is 12.1 Å². The molecule has 0 bridgehead atoms. The Morgan fingerprint density at radius 2 is 1.87 bits per heavy atom. The third-order valence-electron chi connectivity index (χ3n) is 3.29. The van der Waals surface area contributed by atoms with E-state index in [0.717, 1.165) is 0 Å². The van der Waals surface area contributed by atoms with E-state index in [9.17, 15) is 9.59 Å². The summed E-state index contributed by atoms with van der Waals surface area (Å²) in [6.45, 7) is 3.45. The molecule has 0 unspecified atom stereocenters. The normalized spacial score (nSPS) is 10.2. The van der Waals surface area contributed by atoms with Crippen LogP contribution in [0.2, 0.25) is 0 Å². The van der Waals surface area contributed by atoms with Crippen LogP contribution in [0.3, 0.4) is 0 Å². The summed E-state index contributed by atoms with van der Waals surface area (Å²) in [5, 5.41) is 0. The summed E-state index contributed by atoms with van der Waals surface area (Å²) in [5.41, 5.74) is 0.483. The number of para-hydroxylation sites is 1. The van der Waals surface area contributed by atoms with E-state index in [1.54, 1.807) is 37.1 Å². The molecule has 6 heteroatoms. The molecule has 0 aliphatic carbocycles. The van der Waals surface area contributed by atoms with Crippen molar-refractivity contribution in [1.82, 2.24) is 4.90 Å². The van der Waals surface area contributed by atoms with Crippen molar-refractivity contribution < 1.29 is 23.8 Å². The van der Waals surface area contributed by atoms with Crippen LogP contribution >= 0.6 is 0 Å². The summed E-state index contributed by atoms with van der Waals surface area (Å²) < 4.78 is 15.2. The van der Waals surface area contributed by atoms with Gasteiger partial charge >= 0.3 is 5.97 Å². The lowest BCUT2D eigenvalue weighted by Gasteiger charge is -2.23. The maximum absolute atomic E-state index is 12.7. The summed E-state index contributed by atoms with van der Waals surface area (Å²) in [5.74, 6) is 0.0466. The van der Waals surface area contributed by atoms with Crippen LogP contribution in [-0.4, -0.2) is 57.3 Å². The first-order valence-corrected chi connectivity index (χ1v) is 7.70. The Hall–Kier alpha value is -2.08. The zero-order chi connectivity index (χ0) is 17.1. The van der Waals surface area contributed by atoms with Gasteiger partial charge in [-0.15, -0.1) is 0 Å². The monoisotopic (exact) mass is 323 g/mol. The van der Waals surface area contributed by atoms with Gasteiger partial charge in [-0.3, -0.25) is 9.59 Å². The second-order valence-corrected chi connectivity index (χ2v) is 4.89. The highest BCUT2D eigenvalue weighted by atomic mass is 16.5. The van der Waals surface area contributed by atoms with Crippen molar-refractivity contribution in [3.8, 4) is 5.75 Å². The molecule has 128 valence electrons. The molecule has 1 aromatic rings. The van der Waals surface area contributed by atoms with Crippen molar-refractivity contribution in [2.24, 2.45) is 0 Å². The Bertz CT molecular complexity index is 504. The number of carbonyl (C=O) groups excluding carboxylic acids is 2. The van der Waals surface area contributed by atoms with Gasteiger partial charge in [0.2, 0.25) is 0 Å². The fourth-order valence-corrected chi connectivity index (χ4v) is 2.17. The van der Waals surface area contributed by atoms with Crippen molar-refractivity contribution >= 4 is 11.9 Å². The molecule has 0 saturated heterocycles. The summed E-state index contributed by atoms with van der Waals surface area (Å²) in [6.07, 6.45) is 0.863. The zero-order valence-corrected chi connectivity index (χ0v) is 14.0. The van der Waals surface area contributed by atoms with Gasteiger partial charge in [0.25, 0.3) is 5.91 Å². The first-order chi connectivity index (χ1) is 11.1. The average molecular weight is 323 g/mol. The molecule has 0 atom stereocenters. The minimum absolute atomic E-state index is 0.164. The van der Waals surface area contributed by atoms with Crippen LogP contribution in [0.1, 0.15) is 30.1 Å². The Morgan fingerprint density at radius 3 is 2.52 bits per heavy atom. The molecular formula is C17H25NO5. The number of rotatable bonds is 10. The van der Waals surface area contributed by atoms with Crippen LogP contribution in [0.5, 0.6) is 5.75 Å². The van der Waals surface area contributed by atoms with Crippen LogP contribution in [0.25, 0.3) is 0 Å². The molecule has 0 aliphatic heterocycles. The number of nitrogens with zero attached hydrogens (tertiary/aromatic N) is 1. The molecule has 0 saturated carbocycles. The van der Waals surface area contributed by atoms with E-state index in [1.165, 1.54) is 7.11 Å². The van der Waals surface area contributed by atoms with Crippen LogP contribution < -0.4 is 4.74 Å². The maximum atomic E-state index is 12.7. The van der Waals surface area contributed by atoms with Crippen molar-refractivity contribution in [2.75, 3.05) is 40.5 Å². The van der Waals surface area contributed by atoms with Crippen molar-refractivity contribution in [3.63, 3.8) is 0 Å². The van der Waals surface area contributed by atoms with E-state index in [4.69, 9.17) is 14.2 Å². The van der Waals surface area contributed by atoms with Gasteiger partial charge in [-0.25, -0.2) is 0 Å². The number of ether oxygens (including phenoxy) is 3. The molecule has 1 aromatic carbocycles. The van der Waals surface area contributed by atoms with Gasteiger partial charge in [0.1, 0.15) is 5.75 Å². The molecule has 1 amide bonds. The highest BCUT2D eigenvalue weighted by molar-refractivity contribution is 5.97. The molecule has 1 rings (SSSR count). The Labute approximate surface area is 137 Å². The molecule has 23 heavy (non-hydrogen) atoms. The average Bonchev–Trinajstić information content (AvgIpc) is 2.57. The van der Waals surface area contributed by atoms with Crippen LogP contribution in [0, 0.1) is 0 Å². The molecule has 0 fully saturated rings. The molecule has 0 N–H and O–H groups in total. The Kier molecular flexibility index (Phi) is 8.75. The number of hydrogen-bond acceptors (Lipinski definition) is 5. The molecule has 0 aliphatic rings. The number of hydrogen-bond donors (Lipinski definition) is 0. The largest absolute Gasteiger partial charge is 0.496 e. The summed E-state index contributed by atoms with van der Waals surface area (Å²) in [4.78, 5) is 25.9. The molecule has 6 nitrogen and oxygen atoms in total.